The first kappa shape index (κ1) is 7.44. The summed E-state index contributed by atoms with van der Waals surface area (Å²) in [5.41, 5.74) is 0. The van der Waals surface area contributed by atoms with Crippen LogP contribution in [0.1, 0.15) is 13.3 Å². The Labute approximate surface area is 54.2 Å². The Kier molecular flexibility index (Phi) is 6.84. The Morgan fingerprint density at radius 2 is 2.29 bits per heavy atom. The van der Waals surface area contributed by atoms with Crippen LogP contribution in [-0.4, -0.2) is 5.75 Å². The Bertz CT molecular complexity index is 50.0. The van der Waals surface area contributed by atoms with Gasteiger partial charge in [0.25, 0.3) is 0 Å². The summed E-state index contributed by atoms with van der Waals surface area (Å²) in [6.45, 7) is 2.12. The Morgan fingerprint density at radius 1 is 1.57 bits per heavy atom. The molecule has 0 atom stereocenters. The van der Waals surface area contributed by atoms with Gasteiger partial charge in [-0.15, -0.1) is 11.7 Å². The predicted molar refractivity (Wildman–Crippen MR) is 40.9 cm³/mol. The third kappa shape index (κ3) is 6.44. The van der Waals surface area contributed by atoms with Gasteiger partial charge in [-0.3, -0.25) is 0 Å². The quantitative estimate of drug-likeness (QED) is 0.351. The average Bonchev–Trinajstić information content (AvgIpc) is 1.69. The molecule has 0 saturated carbocycles. The molecule has 0 saturated heterocycles. The number of thiol groups is 1. The van der Waals surface area contributed by atoms with Crippen molar-refractivity contribution in [2.45, 2.75) is 13.3 Å². The van der Waals surface area contributed by atoms with Crippen LogP contribution in [0, 0.1) is 0 Å². The maximum absolute atomic E-state index is 3.96. The van der Waals surface area contributed by atoms with E-state index in [1.54, 1.807) is 10.8 Å². The number of hydrogen-bond acceptors (Lipinski definition) is 2. The zero-order valence-electron chi connectivity index (χ0n) is 4.42. The van der Waals surface area contributed by atoms with Crippen molar-refractivity contribution >= 4 is 22.5 Å². The molecule has 7 heavy (non-hydrogen) atoms. The number of hydrogen-bond donors (Lipinski definition) is 1. The number of rotatable bonds is 3. The molecule has 0 N–H and O–H groups in total. The van der Waals surface area contributed by atoms with Crippen LogP contribution in [0.3, 0.4) is 0 Å². The van der Waals surface area contributed by atoms with Gasteiger partial charge in [0.05, 0.1) is 0 Å². The normalized spacial score (nSPS) is 10.6. The first-order valence-electron chi connectivity index (χ1n) is 2.33. The molecule has 2 heteroatoms. The summed E-state index contributed by atoms with van der Waals surface area (Å²) in [5.74, 6) is 1.02. The Hall–Kier alpha value is 0.440. The molecule has 0 radical (unpaired) electrons. The van der Waals surface area contributed by atoms with Crippen molar-refractivity contribution in [2.24, 2.45) is 0 Å². The van der Waals surface area contributed by atoms with Crippen LogP contribution in [0.2, 0.25) is 0 Å². The van der Waals surface area contributed by atoms with Gasteiger partial charge < -0.3 is 0 Å². The Balaban J connectivity index is 2.78. The second-order valence-electron chi connectivity index (χ2n) is 1.18. The average molecular weight is 134 g/mol. The van der Waals surface area contributed by atoms with Gasteiger partial charge in [-0.05, 0) is 6.42 Å². The molecule has 0 aromatic carbocycles. The molecule has 0 bridgehead atoms. The summed E-state index contributed by atoms with van der Waals surface area (Å²) in [6.07, 6.45) is 5.40. The molecule has 0 amide bonds. The lowest BCUT2D eigenvalue weighted by molar-refractivity contribution is 1.22. The standard InChI is InChI=1S/C5H10S2/c1-2-3-4-5-7-6/h3-4,6H,2,5H2,1H3/b4-3+. The highest BCUT2D eigenvalue weighted by atomic mass is 33.1. The first-order valence-corrected chi connectivity index (χ1v) is 4.37. The molecule has 0 heterocycles. The fraction of sp³-hybridized carbons (Fsp3) is 0.600. The van der Waals surface area contributed by atoms with E-state index in [9.17, 15) is 0 Å². The molecule has 0 nitrogen and oxygen atoms in total. The third-order valence-corrected chi connectivity index (χ3v) is 1.36. The van der Waals surface area contributed by atoms with Gasteiger partial charge in [0.15, 0.2) is 0 Å². The molecule has 0 aliphatic carbocycles. The summed E-state index contributed by atoms with van der Waals surface area (Å²) in [7, 11) is 1.55. The summed E-state index contributed by atoms with van der Waals surface area (Å²) in [6, 6.07) is 0. The maximum Gasteiger partial charge on any atom is 0.0215 e. The van der Waals surface area contributed by atoms with Crippen molar-refractivity contribution in [3.05, 3.63) is 12.2 Å². The highest BCUT2D eigenvalue weighted by Gasteiger charge is 1.68. The lowest BCUT2D eigenvalue weighted by Crippen LogP contribution is -1.60. The third-order valence-electron chi connectivity index (χ3n) is 0.573. The summed E-state index contributed by atoms with van der Waals surface area (Å²) >= 11 is 3.96. The van der Waals surface area contributed by atoms with Crippen molar-refractivity contribution in [1.82, 2.24) is 0 Å². The molecule has 0 aromatic heterocycles. The summed E-state index contributed by atoms with van der Waals surface area (Å²) in [4.78, 5) is 0. The maximum atomic E-state index is 3.96. The van der Waals surface area contributed by atoms with Gasteiger partial charge in [0, 0.05) is 5.75 Å². The van der Waals surface area contributed by atoms with Crippen molar-refractivity contribution in [3.8, 4) is 0 Å². The molecular weight excluding hydrogens is 124 g/mol. The molecule has 42 valence electrons. The minimum absolute atomic E-state index is 1.02. The molecular formula is C5H10S2. The van der Waals surface area contributed by atoms with E-state index in [1.165, 1.54) is 0 Å². The topological polar surface area (TPSA) is 0 Å². The van der Waals surface area contributed by atoms with Crippen molar-refractivity contribution in [3.63, 3.8) is 0 Å². The smallest absolute Gasteiger partial charge is 0.0215 e. The van der Waals surface area contributed by atoms with E-state index in [1.807, 2.05) is 0 Å². The summed E-state index contributed by atoms with van der Waals surface area (Å²) in [5, 5.41) is 0. The van der Waals surface area contributed by atoms with E-state index in [-0.39, 0.29) is 0 Å². The van der Waals surface area contributed by atoms with E-state index in [4.69, 9.17) is 0 Å². The van der Waals surface area contributed by atoms with E-state index < -0.39 is 0 Å². The molecule has 0 unspecified atom stereocenters. The predicted octanol–water partition coefficient (Wildman–Crippen LogP) is 2.53. The monoisotopic (exact) mass is 134 g/mol. The molecule has 0 fully saturated rings. The van der Waals surface area contributed by atoms with E-state index in [2.05, 4.69) is 30.7 Å². The molecule has 0 aliphatic rings. The fourth-order valence-corrected chi connectivity index (χ4v) is 0.758. The highest BCUT2D eigenvalue weighted by Crippen LogP contribution is 2.03. The van der Waals surface area contributed by atoms with E-state index in [0.29, 0.717) is 0 Å². The second kappa shape index (κ2) is 6.44. The van der Waals surface area contributed by atoms with Crippen LogP contribution in [0.25, 0.3) is 0 Å². The van der Waals surface area contributed by atoms with Gasteiger partial charge in [-0.1, -0.05) is 29.9 Å². The number of allylic oxidation sites excluding steroid dienone is 1. The van der Waals surface area contributed by atoms with Crippen molar-refractivity contribution < 1.29 is 0 Å². The van der Waals surface area contributed by atoms with E-state index >= 15 is 0 Å². The second-order valence-corrected chi connectivity index (χ2v) is 2.54. The molecule has 0 rings (SSSR count). The van der Waals surface area contributed by atoms with Crippen LogP contribution in [0.5, 0.6) is 0 Å². The van der Waals surface area contributed by atoms with Crippen molar-refractivity contribution in [1.29, 1.82) is 0 Å². The largest absolute Gasteiger partial charge is 0.111 e. The zero-order chi connectivity index (χ0) is 5.54. The van der Waals surface area contributed by atoms with Gasteiger partial charge in [-0.25, -0.2) is 0 Å². The first-order chi connectivity index (χ1) is 3.41. The minimum Gasteiger partial charge on any atom is -0.111 e. The van der Waals surface area contributed by atoms with Gasteiger partial charge in [-0.2, -0.15) is 0 Å². The Morgan fingerprint density at radius 3 is 2.71 bits per heavy atom. The SMILES string of the molecule is CC/C=C/CSS. The molecule has 0 spiro atoms. The molecule has 0 aromatic rings. The highest BCUT2D eigenvalue weighted by molar-refractivity contribution is 8.68. The van der Waals surface area contributed by atoms with E-state index in [0.717, 1.165) is 12.2 Å². The van der Waals surface area contributed by atoms with Crippen LogP contribution >= 0.6 is 22.5 Å². The van der Waals surface area contributed by atoms with Crippen LogP contribution in [0.15, 0.2) is 12.2 Å². The molecule has 0 aliphatic heterocycles. The van der Waals surface area contributed by atoms with Crippen LogP contribution in [-0.2, 0) is 0 Å². The lowest BCUT2D eigenvalue weighted by atomic mass is 10.4. The lowest BCUT2D eigenvalue weighted by Gasteiger charge is -1.79. The zero-order valence-corrected chi connectivity index (χ0v) is 6.14. The van der Waals surface area contributed by atoms with Gasteiger partial charge >= 0.3 is 0 Å². The van der Waals surface area contributed by atoms with Gasteiger partial charge in [0.1, 0.15) is 0 Å². The van der Waals surface area contributed by atoms with Crippen molar-refractivity contribution in [2.75, 3.05) is 5.75 Å². The fourth-order valence-electron chi connectivity index (χ4n) is 0.278. The summed E-state index contributed by atoms with van der Waals surface area (Å²) < 4.78 is 0. The minimum atomic E-state index is 1.02. The van der Waals surface area contributed by atoms with Crippen LogP contribution in [0.4, 0.5) is 0 Å². The van der Waals surface area contributed by atoms with Crippen LogP contribution < -0.4 is 0 Å². The van der Waals surface area contributed by atoms with Gasteiger partial charge in [0.2, 0.25) is 0 Å².